The monoisotopic (exact) mass is 233 g/mol. The van der Waals surface area contributed by atoms with Crippen molar-refractivity contribution < 1.29 is 19.4 Å². The summed E-state index contributed by atoms with van der Waals surface area (Å²) in [5.41, 5.74) is 1.13. The molecule has 0 atom stereocenters. The fourth-order valence-corrected chi connectivity index (χ4v) is 1.12. The largest absolute Gasteiger partial charge is 0.511 e. The second-order valence-corrected chi connectivity index (χ2v) is 3.18. The van der Waals surface area contributed by atoms with Crippen molar-refractivity contribution in [2.75, 3.05) is 7.11 Å². The number of hydrogen-bond acceptors (Lipinski definition) is 5. The van der Waals surface area contributed by atoms with Gasteiger partial charge in [0.2, 0.25) is 5.76 Å². The fraction of sp³-hybridized carbons (Fsp3) is 0.167. The number of aryl methyl sites for hydroxylation is 1. The molecular formula is C12H11NO4. The molecule has 0 bridgehead atoms. The Hall–Kier alpha value is -2.48. The Kier molecular flexibility index (Phi) is 4.12. The van der Waals surface area contributed by atoms with Gasteiger partial charge in [0.05, 0.1) is 18.7 Å². The molecule has 0 radical (unpaired) electrons. The van der Waals surface area contributed by atoms with Gasteiger partial charge in [0.15, 0.2) is 0 Å². The number of benzene rings is 1. The fourth-order valence-electron chi connectivity index (χ4n) is 1.12. The quantitative estimate of drug-likeness (QED) is 0.489. The molecule has 0 amide bonds. The van der Waals surface area contributed by atoms with Gasteiger partial charge in [0.1, 0.15) is 12.0 Å². The summed E-state index contributed by atoms with van der Waals surface area (Å²) in [6, 6.07) is 6.73. The van der Waals surface area contributed by atoms with Crippen molar-refractivity contribution in [1.82, 2.24) is 0 Å². The second-order valence-electron chi connectivity index (χ2n) is 3.18. The SMILES string of the molecule is COC(=O)C(=CO)Oc1cc(C#N)ccc1C. The number of carbonyl (C=O) groups is 1. The predicted molar refractivity (Wildman–Crippen MR) is 59.2 cm³/mol. The van der Waals surface area contributed by atoms with Gasteiger partial charge in [-0.25, -0.2) is 4.79 Å². The van der Waals surface area contributed by atoms with Crippen LogP contribution in [-0.2, 0) is 9.53 Å². The van der Waals surface area contributed by atoms with E-state index in [1.54, 1.807) is 19.1 Å². The molecule has 1 aromatic rings. The zero-order valence-electron chi connectivity index (χ0n) is 9.43. The molecular weight excluding hydrogens is 222 g/mol. The van der Waals surface area contributed by atoms with Gasteiger partial charge < -0.3 is 14.6 Å². The van der Waals surface area contributed by atoms with E-state index in [0.717, 1.165) is 5.56 Å². The van der Waals surface area contributed by atoms with Gasteiger partial charge >= 0.3 is 5.97 Å². The summed E-state index contributed by atoms with van der Waals surface area (Å²) in [4.78, 5) is 11.2. The highest BCUT2D eigenvalue weighted by atomic mass is 16.6. The van der Waals surface area contributed by atoms with Crippen molar-refractivity contribution in [2.45, 2.75) is 6.92 Å². The molecule has 1 rings (SSSR count). The van der Waals surface area contributed by atoms with E-state index in [1.807, 2.05) is 6.07 Å². The van der Waals surface area contributed by atoms with Crippen molar-refractivity contribution in [3.05, 3.63) is 41.3 Å². The van der Waals surface area contributed by atoms with Crippen LogP contribution in [0.25, 0.3) is 0 Å². The van der Waals surface area contributed by atoms with Crippen molar-refractivity contribution in [3.8, 4) is 11.8 Å². The van der Waals surface area contributed by atoms with Gasteiger partial charge in [0, 0.05) is 0 Å². The van der Waals surface area contributed by atoms with Crippen molar-refractivity contribution in [2.24, 2.45) is 0 Å². The first-order valence-electron chi connectivity index (χ1n) is 4.73. The standard InChI is InChI=1S/C12H11NO4/c1-8-3-4-9(6-13)5-10(8)17-11(7-14)12(15)16-2/h3-5,7,14H,1-2H3. The maximum Gasteiger partial charge on any atom is 0.377 e. The molecule has 5 nitrogen and oxygen atoms in total. The summed E-state index contributed by atoms with van der Waals surface area (Å²) < 4.78 is 9.59. The van der Waals surface area contributed by atoms with Crippen LogP contribution in [0.15, 0.2) is 30.2 Å². The first kappa shape index (κ1) is 12.6. The second kappa shape index (κ2) is 5.56. The van der Waals surface area contributed by atoms with Crippen LogP contribution in [0.2, 0.25) is 0 Å². The summed E-state index contributed by atoms with van der Waals surface area (Å²) in [6.45, 7) is 1.75. The lowest BCUT2D eigenvalue weighted by atomic mass is 10.1. The highest BCUT2D eigenvalue weighted by Crippen LogP contribution is 2.21. The molecule has 1 N–H and O–H groups in total. The molecule has 1 aromatic carbocycles. The van der Waals surface area contributed by atoms with E-state index in [1.165, 1.54) is 13.2 Å². The van der Waals surface area contributed by atoms with Crippen LogP contribution in [-0.4, -0.2) is 18.2 Å². The van der Waals surface area contributed by atoms with Gasteiger partial charge in [0.25, 0.3) is 0 Å². The summed E-state index contributed by atoms with van der Waals surface area (Å²) >= 11 is 0. The van der Waals surface area contributed by atoms with Gasteiger partial charge in [-0.05, 0) is 24.6 Å². The molecule has 88 valence electrons. The number of hydrogen-bond donors (Lipinski definition) is 1. The van der Waals surface area contributed by atoms with E-state index in [4.69, 9.17) is 15.1 Å². The number of methoxy groups -OCH3 is 1. The van der Waals surface area contributed by atoms with Gasteiger partial charge in [-0.1, -0.05) is 6.07 Å². The smallest absolute Gasteiger partial charge is 0.377 e. The number of rotatable bonds is 3. The van der Waals surface area contributed by atoms with E-state index in [0.29, 0.717) is 17.6 Å². The van der Waals surface area contributed by atoms with Crippen molar-refractivity contribution in [1.29, 1.82) is 5.26 Å². The van der Waals surface area contributed by atoms with Crippen molar-refractivity contribution in [3.63, 3.8) is 0 Å². The zero-order chi connectivity index (χ0) is 12.8. The Balaban J connectivity index is 3.02. The van der Waals surface area contributed by atoms with Crippen LogP contribution >= 0.6 is 0 Å². The average molecular weight is 233 g/mol. The molecule has 0 aromatic heterocycles. The molecule has 0 saturated heterocycles. The topological polar surface area (TPSA) is 79.6 Å². The first-order chi connectivity index (χ1) is 8.12. The van der Waals surface area contributed by atoms with E-state index < -0.39 is 5.97 Å². The average Bonchev–Trinajstić information content (AvgIpc) is 2.36. The Morgan fingerprint density at radius 3 is 2.76 bits per heavy atom. The van der Waals surface area contributed by atoms with Crippen LogP contribution in [0.4, 0.5) is 0 Å². The number of aliphatic hydroxyl groups is 1. The van der Waals surface area contributed by atoms with Gasteiger partial charge in [-0.15, -0.1) is 0 Å². The number of esters is 1. The Morgan fingerprint density at radius 1 is 1.53 bits per heavy atom. The highest BCUT2D eigenvalue weighted by Gasteiger charge is 2.14. The predicted octanol–water partition coefficient (Wildman–Crippen LogP) is 1.82. The molecule has 0 aliphatic carbocycles. The number of aliphatic hydroxyl groups excluding tert-OH is 1. The molecule has 0 unspecified atom stereocenters. The lowest BCUT2D eigenvalue weighted by Gasteiger charge is -2.09. The van der Waals surface area contributed by atoms with E-state index in [9.17, 15) is 4.79 Å². The zero-order valence-corrected chi connectivity index (χ0v) is 9.43. The minimum Gasteiger partial charge on any atom is -0.511 e. The summed E-state index contributed by atoms with van der Waals surface area (Å²) in [7, 11) is 1.17. The Morgan fingerprint density at radius 2 is 2.24 bits per heavy atom. The third-order valence-corrected chi connectivity index (χ3v) is 2.04. The molecule has 17 heavy (non-hydrogen) atoms. The van der Waals surface area contributed by atoms with Gasteiger partial charge in [-0.2, -0.15) is 5.26 Å². The summed E-state index contributed by atoms with van der Waals surface area (Å²) in [6.07, 6.45) is 0.518. The number of carbonyl (C=O) groups excluding carboxylic acids is 1. The maximum atomic E-state index is 11.2. The van der Waals surface area contributed by atoms with Crippen LogP contribution in [0.1, 0.15) is 11.1 Å². The number of ether oxygens (including phenoxy) is 2. The summed E-state index contributed by atoms with van der Waals surface area (Å²) in [5.74, 6) is -0.824. The number of nitriles is 1. The summed E-state index contributed by atoms with van der Waals surface area (Å²) in [5, 5.41) is 17.6. The van der Waals surface area contributed by atoms with Crippen LogP contribution in [0, 0.1) is 18.3 Å². The molecule has 5 heteroatoms. The number of nitrogens with zero attached hydrogens (tertiary/aromatic N) is 1. The lowest BCUT2D eigenvalue weighted by molar-refractivity contribution is -0.138. The third-order valence-electron chi connectivity index (χ3n) is 2.04. The lowest BCUT2D eigenvalue weighted by Crippen LogP contribution is -2.11. The minimum atomic E-state index is -0.797. The van der Waals surface area contributed by atoms with Gasteiger partial charge in [-0.3, -0.25) is 0 Å². The molecule has 0 aliphatic rings. The van der Waals surface area contributed by atoms with E-state index >= 15 is 0 Å². The van der Waals surface area contributed by atoms with Crippen LogP contribution in [0.5, 0.6) is 5.75 Å². The first-order valence-corrected chi connectivity index (χ1v) is 4.73. The molecule has 0 fully saturated rings. The minimum absolute atomic E-state index is 0.315. The van der Waals surface area contributed by atoms with Crippen LogP contribution < -0.4 is 4.74 Å². The Labute approximate surface area is 98.5 Å². The maximum absolute atomic E-state index is 11.2. The third kappa shape index (κ3) is 2.98. The normalized spacial score (nSPS) is 10.5. The van der Waals surface area contributed by atoms with Crippen LogP contribution in [0.3, 0.4) is 0 Å². The van der Waals surface area contributed by atoms with E-state index in [2.05, 4.69) is 4.74 Å². The van der Waals surface area contributed by atoms with Crippen molar-refractivity contribution >= 4 is 5.97 Å². The van der Waals surface area contributed by atoms with E-state index in [-0.39, 0.29) is 5.76 Å². The highest BCUT2D eigenvalue weighted by molar-refractivity contribution is 5.86. The molecule has 0 aliphatic heterocycles. The molecule has 0 saturated carbocycles. The Bertz CT molecular complexity index is 500. The molecule has 0 spiro atoms. The molecule has 0 heterocycles.